The topological polar surface area (TPSA) is 135 Å². The van der Waals surface area contributed by atoms with Gasteiger partial charge in [-0.05, 0) is 83.5 Å². The van der Waals surface area contributed by atoms with Crippen molar-refractivity contribution in [2.75, 3.05) is 26.4 Å². The maximum atomic E-state index is 12.8. The molecule has 0 amide bonds. The number of aliphatic hydroxyl groups excluding tert-OH is 4. The molecule has 1 heterocycles. The van der Waals surface area contributed by atoms with E-state index < -0.39 is 43.4 Å². The molecule has 0 aliphatic carbocycles. The van der Waals surface area contributed by atoms with E-state index in [1.54, 1.807) is 0 Å². The highest BCUT2D eigenvalue weighted by atomic mass is 16.7. The van der Waals surface area contributed by atoms with Gasteiger partial charge in [0.1, 0.15) is 30.5 Å². The summed E-state index contributed by atoms with van der Waals surface area (Å²) in [6, 6.07) is 0. The van der Waals surface area contributed by atoms with E-state index in [-0.39, 0.29) is 19.2 Å². The molecule has 1 fully saturated rings. The highest BCUT2D eigenvalue weighted by molar-refractivity contribution is 5.69. The van der Waals surface area contributed by atoms with Gasteiger partial charge >= 0.3 is 5.97 Å². The maximum absolute atomic E-state index is 12.8. The molecule has 9 nitrogen and oxygen atoms in total. The standard InChI is InChI=1S/C49H84O9/c1-3-5-7-9-11-13-15-17-19-20-21-22-23-25-27-29-31-33-35-37-39-55-41-43(42-56-49-48(54)47(53)46(52)44(40-50)58-49)57-45(51)38-36-34-32-30-28-26-24-18-16-14-12-10-8-6-4-2/h5,7,11,13,17-19,21-22,24-25,27,43-44,46-50,52-54H,3-4,6,8-10,12,14-16,20,23,26,28-42H2,1-2H3/b7-5-,13-11-,19-17-,22-21-,24-18-,27-25-. The summed E-state index contributed by atoms with van der Waals surface area (Å²) < 4.78 is 22.8. The van der Waals surface area contributed by atoms with Crippen molar-refractivity contribution in [2.45, 2.75) is 205 Å². The first-order valence-electron chi connectivity index (χ1n) is 23.0. The Bertz CT molecular complexity index is 1110. The highest BCUT2D eigenvalue weighted by Crippen LogP contribution is 2.22. The molecule has 4 N–H and O–H groups in total. The van der Waals surface area contributed by atoms with E-state index in [1.807, 2.05) is 0 Å². The molecule has 58 heavy (non-hydrogen) atoms. The summed E-state index contributed by atoms with van der Waals surface area (Å²) in [5.74, 6) is -0.335. The number of aliphatic hydroxyl groups is 4. The van der Waals surface area contributed by atoms with Crippen molar-refractivity contribution < 1.29 is 44.2 Å². The van der Waals surface area contributed by atoms with Gasteiger partial charge in [0.15, 0.2) is 6.29 Å². The zero-order valence-electron chi connectivity index (χ0n) is 36.5. The third-order valence-corrected chi connectivity index (χ3v) is 10.1. The van der Waals surface area contributed by atoms with E-state index in [2.05, 4.69) is 86.8 Å². The van der Waals surface area contributed by atoms with Crippen LogP contribution < -0.4 is 0 Å². The molecule has 334 valence electrons. The van der Waals surface area contributed by atoms with Gasteiger partial charge < -0.3 is 39.4 Å². The Kier molecular flexibility index (Phi) is 37.1. The number of carbonyl (C=O) groups excluding carboxylic acids is 1. The lowest BCUT2D eigenvalue weighted by Gasteiger charge is -2.39. The van der Waals surface area contributed by atoms with Crippen molar-refractivity contribution >= 4 is 5.97 Å². The van der Waals surface area contributed by atoms with E-state index in [1.165, 1.54) is 44.9 Å². The summed E-state index contributed by atoms with van der Waals surface area (Å²) in [5, 5.41) is 40.1. The second-order valence-corrected chi connectivity index (χ2v) is 15.5. The van der Waals surface area contributed by atoms with Crippen LogP contribution in [-0.2, 0) is 23.7 Å². The number of esters is 1. The molecule has 0 aromatic heterocycles. The minimum Gasteiger partial charge on any atom is -0.457 e. The SMILES string of the molecule is CC/C=C\C/C=C\C/C=C\C/C=C\C/C=C\CCCCCCOCC(COC1OC(CO)C(O)C(O)C1O)OC(=O)CCCCCCC/C=C\CCCCCCCC. The Morgan fingerprint density at radius 3 is 1.60 bits per heavy atom. The molecular formula is C49H84O9. The first kappa shape index (κ1) is 53.6. The summed E-state index contributed by atoms with van der Waals surface area (Å²) in [7, 11) is 0. The van der Waals surface area contributed by atoms with E-state index in [4.69, 9.17) is 18.9 Å². The highest BCUT2D eigenvalue weighted by Gasteiger charge is 2.44. The molecule has 1 aliphatic rings. The van der Waals surface area contributed by atoms with Gasteiger partial charge in [0.2, 0.25) is 0 Å². The van der Waals surface area contributed by atoms with Crippen LogP contribution in [0.1, 0.15) is 168 Å². The number of allylic oxidation sites excluding steroid dienone is 12. The zero-order chi connectivity index (χ0) is 42.2. The molecule has 9 heteroatoms. The summed E-state index contributed by atoms with van der Waals surface area (Å²) in [6.07, 6.45) is 45.0. The number of carbonyl (C=O) groups is 1. The Balaban J connectivity index is 2.29. The number of hydrogen-bond acceptors (Lipinski definition) is 9. The monoisotopic (exact) mass is 817 g/mol. The Morgan fingerprint density at radius 1 is 0.569 bits per heavy atom. The van der Waals surface area contributed by atoms with E-state index in [0.717, 1.165) is 103 Å². The molecular weight excluding hydrogens is 733 g/mol. The fourth-order valence-electron chi connectivity index (χ4n) is 6.51. The van der Waals surface area contributed by atoms with E-state index in [9.17, 15) is 25.2 Å². The molecule has 0 spiro atoms. The van der Waals surface area contributed by atoms with Crippen LogP contribution in [-0.4, -0.2) is 89.6 Å². The van der Waals surface area contributed by atoms with Crippen molar-refractivity contribution in [3.8, 4) is 0 Å². The maximum Gasteiger partial charge on any atom is 0.306 e. The van der Waals surface area contributed by atoms with Gasteiger partial charge in [-0.3, -0.25) is 4.79 Å². The second kappa shape index (κ2) is 40.1. The summed E-state index contributed by atoms with van der Waals surface area (Å²) >= 11 is 0. The van der Waals surface area contributed by atoms with Crippen LogP contribution in [0.4, 0.5) is 0 Å². The van der Waals surface area contributed by atoms with Crippen LogP contribution in [0.25, 0.3) is 0 Å². The van der Waals surface area contributed by atoms with Crippen LogP contribution in [0.2, 0.25) is 0 Å². The van der Waals surface area contributed by atoms with Crippen LogP contribution in [0.15, 0.2) is 72.9 Å². The molecule has 0 aromatic rings. The largest absolute Gasteiger partial charge is 0.457 e. The normalized spacial score (nSPS) is 21.0. The van der Waals surface area contributed by atoms with Crippen molar-refractivity contribution in [3.05, 3.63) is 72.9 Å². The average Bonchev–Trinajstić information content (AvgIpc) is 3.22. The molecule has 1 rings (SSSR count). The third kappa shape index (κ3) is 30.6. The Morgan fingerprint density at radius 2 is 1.05 bits per heavy atom. The molecule has 0 aromatic carbocycles. The van der Waals surface area contributed by atoms with Crippen LogP contribution in [0.5, 0.6) is 0 Å². The minimum absolute atomic E-state index is 0.121. The molecule has 0 radical (unpaired) electrons. The quantitative estimate of drug-likeness (QED) is 0.0273. The lowest BCUT2D eigenvalue weighted by atomic mass is 9.99. The van der Waals surface area contributed by atoms with Crippen LogP contribution in [0, 0.1) is 0 Å². The second-order valence-electron chi connectivity index (χ2n) is 15.5. The van der Waals surface area contributed by atoms with Gasteiger partial charge in [0, 0.05) is 13.0 Å². The third-order valence-electron chi connectivity index (χ3n) is 10.1. The fourth-order valence-corrected chi connectivity index (χ4v) is 6.51. The molecule has 1 aliphatic heterocycles. The molecule has 1 saturated heterocycles. The summed E-state index contributed by atoms with van der Waals surface area (Å²) in [4.78, 5) is 12.8. The lowest BCUT2D eigenvalue weighted by molar-refractivity contribution is -0.305. The molecule has 6 atom stereocenters. The summed E-state index contributed by atoms with van der Waals surface area (Å²) in [5.41, 5.74) is 0. The van der Waals surface area contributed by atoms with Gasteiger partial charge in [0.25, 0.3) is 0 Å². The zero-order valence-corrected chi connectivity index (χ0v) is 36.5. The fraction of sp³-hybridized carbons (Fsp3) is 0.735. The number of rotatable bonds is 38. The average molecular weight is 817 g/mol. The first-order chi connectivity index (χ1) is 28.4. The molecule has 0 saturated carbocycles. The van der Waals surface area contributed by atoms with Gasteiger partial charge in [0.05, 0.1) is 19.8 Å². The van der Waals surface area contributed by atoms with Gasteiger partial charge in [-0.1, -0.05) is 151 Å². The van der Waals surface area contributed by atoms with Crippen molar-refractivity contribution in [1.29, 1.82) is 0 Å². The predicted octanol–water partition coefficient (Wildman–Crippen LogP) is 10.5. The van der Waals surface area contributed by atoms with Crippen molar-refractivity contribution in [1.82, 2.24) is 0 Å². The molecule has 6 unspecified atom stereocenters. The summed E-state index contributed by atoms with van der Waals surface area (Å²) in [6.45, 7) is 4.36. The van der Waals surface area contributed by atoms with Crippen molar-refractivity contribution in [2.24, 2.45) is 0 Å². The molecule has 0 bridgehead atoms. The van der Waals surface area contributed by atoms with Gasteiger partial charge in [-0.15, -0.1) is 0 Å². The number of hydrogen-bond donors (Lipinski definition) is 4. The smallest absolute Gasteiger partial charge is 0.306 e. The number of unbranched alkanes of at least 4 members (excludes halogenated alkanes) is 15. The first-order valence-corrected chi connectivity index (χ1v) is 23.0. The van der Waals surface area contributed by atoms with Crippen molar-refractivity contribution in [3.63, 3.8) is 0 Å². The van der Waals surface area contributed by atoms with E-state index in [0.29, 0.717) is 13.0 Å². The van der Waals surface area contributed by atoms with Crippen LogP contribution >= 0.6 is 0 Å². The lowest BCUT2D eigenvalue weighted by Crippen LogP contribution is -2.59. The van der Waals surface area contributed by atoms with Gasteiger partial charge in [-0.25, -0.2) is 0 Å². The van der Waals surface area contributed by atoms with Crippen LogP contribution in [0.3, 0.4) is 0 Å². The van der Waals surface area contributed by atoms with E-state index >= 15 is 0 Å². The Hall–Kier alpha value is -2.37. The predicted molar refractivity (Wildman–Crippen MR) is 237 cm³/mol. The number of ether oxygens (including phenoxy) is 4. The van der Waals surface area contributed by atoms with Gasteiger partial charge in [-0.2, -0.15) is 0 Å². The Labute approximate surface area is 353 Å². The minimum atomic E-state index is -1.55.